The smallest absolute Gasteiger partial charge is 0.191 e. The molecule has 1 heterocycles. The second kappa shape index (κ2) is 10.2. The van der Waals surface area contributed by atoms with Gasteiger partial charge in [0.05, 0.1) is 0 Å². The van der Waals surface area contributed by atoms with Gasteiger partial charge in [0.15, 0.2) is 11.8 Å². The molecular formula is C16H30N6S2. The molecule has 2 rings (SSSR count). The lowest BCUT2D eigenvalue weighted by atomic mass is 10.2. The predicted octanol–water partition coefficient (Wildman–Crippen LogP) is 2.20. The first-order valence-electron chi connectivity index (χ1n) is 8.55. The maximum atomic E-state index is 4.74. The Bertz CT molecular complexity index is 531. The average Bonchev–Trinajstić information content (AvgIpc) is 3.17. The summed E-state index contributed by atoms with van der Waals surface area (Å²) < 4.78 is 1.99. The number of thioether (sulfide) groups is 2. The molecule has 0 spiro atoms. The molecule has 0 bridgehead atoms. The third-order valence-corrected chi connectivity index (χ3v) is 6.23. The van der Waals surface area contributed by atoms with Crippen LogP contribution in [-0.4, -0.2) is 56.8 Å². The number of nitrogens with zero attached hydrogens (tertiary/aromatic N) is 4. The van der Waals surface area contributed by atoms with Gasteiger partial charge >= 0.3 is 0 Å². The van der Waals surface area contributed by atoms with Gasteiger partial charge < -0.3 is 15.2 Å². The lowest BCUT2D eigenvalue weighted by Gasteiger charge is -2.18. The van der Waals surface area contributed by atoms with Gasteiger partial charge in [0.1, 0.15) is 12.4 Å². The van der Waals surface area contributed by atoms with Gasteiger partial charge in [-0.15, -0.1) is 10.2 Å². The third-order valence-electron chi connectivity index (χ3n) is 4.44. The Balaban J connectivity index is 1.93. The van der Waals surface area contributed by atoms with Crippen LogP contribution in [0.1, 0.15) is 37.3 Å². The van der Waals surface area contributed by atoms with Crippen molar-refractivity contribution in [1.82, 2.24) is 25.4 Å². The summed E-state index contributed by atoms with van der Waals surface area (Å²) in [6.07, 6.45) is 9.23. The van der Waals surface area contributed by atoms with E-state index >= 15 is 0 Å². The van der Waals surface area contributed by atoms with Crippen molar-refractivity contribution in [3.63, 3.8) is 0 Å². The van der Waals surface area contributed by atoms with E-state index in [2.05, 4.69) is 33.3 Å². The number of nitrogens with one attached hydrogen (secondary N) is 2. The SMILES string of the molecule is CSCCCNC(=NCc1nnc(C)n1C)NC1CCC(SC)C1. The van der Waals surface area contributed by atoms with E-state index in [9.17, 15) is 0 Å². The number of guanidine groups is 1. The van der Waals surface area contributed by atoms with Crippen LogP contribution in [0.3, 0.4) is 0 Å². The Kier molecular flexibility index (Phi) is 8.24. The first-order valence-corrected chi connectivity index (χ1v) is 11.2. The molecule has 0 aromatic carbocycles. The zero-order chi connectivity index (χ0) is 17.4. The number of aryl methyl sites for hydroxylation is 1. The summed E-state index contributed by atoms with van der Waals surface area (Å²) in [5.74, 6) is 3.89. The zero-order valence-electron chi connectivity index (χ0n) is 15.2. The van der Waals surface area contributed by atoms with Crippen molar-refractivity contribution in [2.24, 2.45) is 12.0 Å². The molecule has 1 aliphatic carbocycles. The Morgan fingerprint density at radius 1 is 1.33 bits per heavy atom. The van der Waals surface area contributed by atoms with E-state index in [-0.39, 0.29) is 0 Å². The summed E-state index contributed by atoms with van der Waals surface area (Å²) in [6, 6.07) is 0.524. The van der Waals surface area contributed by atoms with Crippen molar-refractivity contribution in [3.05, 3.63) is 11.6 Å². The minimum atomic E-state index is 0.524. The van der Waals surface area contributed by atoms with Crippen LogP contribution >= 0.6 is 23.5 Å². The summed E-state index contributed by atoms with van der Waals surface area (Å²) in [7, 11) is 1.99. The Morgan fingerprint density at radius 3 is 2.79 bits per heavy atom. The molecule has 1 fully saturated rings. The summed E-state index contributed by atoms with van der Waals surface area (Å²) in [5, 5.41) is 16.2. The second-order valence-corrected chi connectivity index (χ2v) is 8.30. The van der Waals surface area contributed by atoms with Gasteiger partial charge in [-0.25, -0.2) is 4.99 Å². The molecule has 8 heteroatoms. The predicted molar refractivity (Wildman–Crippen MR) is 106 cm³/mol. The lowest BCUT2D eigenvalue weighted by molar-refractivity contribution is 0.610. The highest BCUT2D eigenvalue weighted by Gasteiger charge is 2.24. The first-order chi connectivity index (χ1) is 11.6. The van der Waals surface area contributed by atoms with Crippen molar-refractivity contribution in [2.45, 2.75) is 50.4 Å². The number of hydrogen-bond donors (Lipinski definition) is 2. The molecule has 1 aromatic rings. The summed E-state index contributed by atoms with van der Waals surface area (Å²) >= 11 is 3.86. The molecule has 0 amide bonds. The Labute approximate surface area is 154 Å². The fraction of sp³-hybridized carbons (Fsp3) is 0.812. The molecule has 136 valence electrons. The molecule has 2 atom stereocenters. The lowest BCUT2D eigenvalue weighted by Crippen LogP contribution is -2.43. The first kappa shape index (κ1) is 19.4. The molecule has 6 nitrogen and oxygen atoms in total. The summed E-state index contributed by atoms with van der Waals surface area (Å²) in [6.45, 7) is 3.46. The fourth-order valence-electron chi connectivity index (χ4n) is 2.79. The van der Waals surface area contributed by atoms with E-state index in [1.165, 1.54) is 25.0 Å². The molecule has 1 aliphatic rings. The van der Waals surface area contributed by atoms with Crippen LogP contribution in [0.25, 0.3) is 0 Å². The van der Waals surface area contributed by atoms with Crippen LogP contribution in [0.15, 0.2) is 4.99 Å². The van der Waals surface area contributed by atoms with Crippen LogP contribution in [0.2, 0.25) is 0 Å². The van der Waals surface area contributed by atoms with Crippen molar-refractivity contribution in [1.29, 1.82) is 0 Å². The third kappa shape index (κ3) is 5.88. The average molecular weight is 371 g/mol. The molecule has 0 saturated heterocycles. The van der Waals surface area contributed by atoms with Gasteiger partial charge in [0.2, 0.25) is 0 Å². The standard InChI is InChI=1S/C16H30N6S2/c1-12-20-21-15(22(12)2)11-18-16(17-8-5-9-23-3)19-13-6-7-14(10-13)24-4/h13-14H,5-11H2,1-4H3,(H2,17,18,19). The second-order valence-electron chi connectivity index (χ2n) is 6.17. The van der Waals surface area contributed by atoms with E-state index in [1.54, 1.807) is 0 Å². The number of aliphatic imine (C=N–C) groups is 1. The van der Waals surface area contributed by atoms with E-state index in [0.717, 1.165) is 35.8 Å². The van der Waals surface area contributed by atoms with Gasteiger partial charge in [0, 0.05) is 24.9 Å². The molecule has 0 aliphatic heterocycles. The molecular weight excluding hydrogens is 340 g/mol. The van der Waals surface area contributed by atoms with E-state index < -0.39 is 0 Å². The highest BCUT2D eigenvalue weighted by molar-refractivity contribution is 7.99. The van der Waals surface area contributed by atoms with Gasteiger partial charge in [-0.3, -0.25) is 0 Å². The van der Waals surface area contributed by atoms with Gasteiger partial charge in [-0.2, -0.15) is 23.5 Å². The van der Waals surface area contributed by atoms with Gasteiger partial charge in [-0.05, 0) is 50.9 Å². The minimum absolute atomic E-state index is 0.524. The van der Waals surface area contributed by atoms with Crippen LogP contribution in [0.5, 0.6) is 0 Å². The van der Waals surface area contributed by atoms with Crippen molar-refractivity contribution in [3.8, 4) is 0 Å². The van der Waals surface area contributed by atoms with E-state index in [0.29, 0.717) is 12.6 Å². The monoisotopic (exact) mass is 370 g/mol. The fourth-order valence-corrected chi connectivity index (χ4v) is 4.02. The van der Waals surface area contributed by atoms with Crippen molar-refractivity contribution < 1.29 is 0 Å². The summed E-state index contributed by atoms with van der Waals surface area (Å²) in [5.41, 5.74) is 0. The molecule has 0 radical (unpaired) electrons. The number of rotatable bonds is 8. The molecule has 1 saturated carbocycles. The highest BCUT2D eigenvalue weighted by atomic mass is 32.2. The molecule has 2 N–H and O–H groups in total. The topological polar surface area (TPSA) is 67.1 Å². The molecule has 1 aromatic heterocycles. The van der Waals surface area contributed by atoms with Crippen LogP contribution in [0, 0.1) is 6.92 Å². The number of hydrogen-bond acceptors (Lipinski definition) is 5. The van der Waals surface area contributed by atoms with Crippen molar-refractivity contribution in [2.75, 3.05) is 24.8 Å². The minimum Gasteiger partial charge on any atom is -0.356 e. The van der Waals surface area contributed by atoms with Gasteiger partial charge in [-0.1, -0.05) is 0 Å². The van der Waals surface area contributed by atoms with Crippen molar-refractivity contribution >= 4 is 29.5 Å². The maximum Gasteiger partial charge on any atom is 0.191 e. The normalized spacial score (nSPS) is 21.2. The number of aromatic nitrogens is 3. The highest BCUT2D eigenvalue weighted by Crippen LogP contribution is 2.28. The van der Waals surface area contributed by atoms with Crippen LogP contribution < -0.4 is 10.6 Å². The van der Waals surface area contributed by atoms with E-state index in [4.69, 9.17) is 4.99 Å². The molecule has 24 heavy (non-hydrogen) atoms. The summed E-state index contributed by atoms with van der Waals surface area (Å²) in [4.78, 5) is 4.74. The Hall–Kier alpha value is -0.890. The van der Waals surface area contributed by atoms with Crippen LogP contribution in [-0.2, 0) is 13.6 Å². The van der Waals surface area contributed by atoms with Crippen LogP contribution in [0.4, 0.5) is 0 Å². The molecule has 2 unspecified atom stereocenters. The maximum absolute atomic E-state index is 4.74. The van der Waals surface area contributed by atoms with E-state index in [1.807, 2.05) is 42.1 Å². The van der Waals surface area contributed by atoms with Gasteiger partial charge in [0.25, 0.3) is 0 Å². The largest absolute Gasteiger partial charge is 0.356 e. The zero-order valence-corrected chi connectivity index (χ0v) is 16.8. The Morgan fingerprint density at radius 2 is 2.17 bits per heavy atom. The quantitative estimate of drug-likeness (QED) is 0.415.